The van der Waals surface area contributed by atoms with Crippen LogP contribution in [0.3, 0.4) is 0 Å². The molecular weight excluding hydrogens is 402 g/mol. The minimum absolute atomic E-state index is 0.122. The van der Waals surface area contributed by atoms with Gasteiger partial charge >= 0.3 is 0 Å². The number of benzene rings is 1. The van der Waals surface area contributed by atoms with Crippen LogP contribution >= 0.6 is 12.2 Å². The van der Waals surface area contributed by atoms with Gasteiger partial charge in [0.05, 0.1) is 18.2 Å². The highest BCUT2D eigenvalue weighted by atomic mass is 32.1. The van der Waals surface area contributed by atoms with E-state index in [-0.39, 0.29) is 11.7 Å². The van der Waals surface area contributed by atoms with Crippen LogP contribution in [0.15, 0.2) is 23.0 Å². The van der Waals surface area contributed by atoms with E-state index in [0.717, 1.165) is 36.9 Å². The standard InChI is InChI=1S/C22H29N3O4S/c1-14(2)11-23-22(30)25(13-17-4-3-5-27-17)12-16-8-15-9-19-20(29-7-6-28-19)10-18(15)24-21(16)26/h8-10,14,17H,3-7,11-13H2,1-2H3,(H,23,30)(H,24,26)/t17-/m0/s1. The second-order valence-electron chi connectivity index (χ2n) is 8.30. The Morgan fingerprint density at radius 3 is 2.70 bits per heavy atom. The third-order valence-corrected chi connectivity index (χ3v) is 5.74. The zero-order chi connectivity index (χ0) is 21.1. The van der Waals surface area contributed by atoms with Crippen LogP contribution in [-0.2, 0) is 11.3 Å². The molecule has 0 saturated carbocycles. The van der Waals surface area contributed by atoms with Gasteiger partial charge in [-0.15, -0.1) is 0 Å². The number of H-pyrrole nitrogens is 1. The number of pyridine rings is 1. The van der Waals surface area contributed by atoms with E-state index in [2.05, 4.69) is 24.1 Å². The molecular formula is C22H29N3O4S. The lowest BCUT2D eigenvalue weighted by molar-refractivity contribution is 0.0896. The maximum atomic E-state index is 12.8. The van der Waals surface area contributed by atoms with E-state index >= 15 is 0 Å². The summed E-state index contributed by atoms with van der Waals surface area (Å²) in [6.07, 6.45) is 2.22. The van der Waals surface area contributed by atoms with Crippen LogP contribution in [0.25, 0.3) is 10.9 Å². The van der Waals surface area contributed by atoms with E-state index in [1.165, 1.54) is 0 Å². The Kier molecular flexibility index (Phi) is 6.43. The van der Waals surface area contributed by atoms with Crippen LogP contribution in [0, 0.1) is 5.92 Å². The lowest BCUT2D eigenvalue weighted by atomic mass is 10.1. The molecule has 0 amide bonds. The fourth-order valence-electron chi connectivity index (χ4n) is 3.77. The van der Waals surface area contributed by atoms with Crippen molar-refractivity contribution in [3.63, 3.8) is 0 Å². The SMILES string of the molecule is CC(C)CNC(=S)N(Cc1cc2cc3c(cc2[nH]c1=O)OCCO3)C[C@@H]1CCCO1. The van der Waals surface area contributed by atoms with Gasteiger partial charge in [0.25, 0.3) is 5.56 Å². The van der Waals surface area contributed by atoms with Crippen LogP contribution in [0.1, 0.15) is 32.3 Å². The van der Waals surface area contributed by atoms with E-state index in [1.54, 1.807) is 0 Å². The normalized spacial score (nSPS) is 18.0. The number of hydrogen-bond acceptors (Lipinski definition) is 5. The summed E-state index contributed by atoms with van der Waals surface area (Å²) in [6, 6.07) is 5.66. The number of hydrogen-bond donors (Lipinski definition) is 2. The molecule has 30 heavy (non-hydrogen) atoms. The summed E-state index contributed by atoms with van der Waals surface area (Å²) in [5.74, 6) is 1.85. The molecule has 1 aromatic carbocycles. The molecule has 0 unspecified atom stereocenters. The van der Waals surface area contributed by atoms with Gasteiger partial charge in [0, 0.05) is 36.7 Å². The van der Waals surface area contributed by atoms with Crippen molar-refractivity contribution in [3.05, 3.63) is 34.1 Å². The number of nitrogens with zero attached hydrogens (tertiary/aromatic N) is 1. The molecule has 8 heteroatoms. The molecule has 7 nitrogen and oxygen atoms in total. The molecule has 2 aromatic rings. The van der Waals surface area contributed by atoms with E-state index in [1.807, 2.05) is 23.1 Å². The van der Waals surface area contributed by atoms with Crippen molar-refractivity contribution < 1.29 is 14.2 Å². The Hall–Kier alpha value is -2.32. The summed E-state index contributed by atoms with van der Waals surface area (Å²) >= 11 is 5.66. The predicted octanol–water partition coefficient (Wildman–Crippen LogP) is 2.81. The van der Waals surface area contributed by atoms with E-state index in [9.17, 15) is 4.79 Å². The molecule has 2 aliphatic rings. The minimum atomic E-state index is -0.122. The molecule has 0 bridgehead atoms. The lowest BCUT2D eigenvalue weighted by Gasteiger charge is -2.28. The molecule has 2 aliphatic heterocycles. The zero-order valence-electron chi connectivity index (χ0n) is 17.5. The number of nitrogens with one attached hydrogen (secondary N) is 2. The van der Waals surface area contributed by atoms with Gasteiger partial charge in [0.15, 0.2) is 16.6 Å². The number of aromatic nitrogens is 1. The highest BCUT2D eigenvalue weighted by Gasteiger charge is 2.22. The minimum Gasteiger partial charge on any atom is -0.486 e. The molecule has 162 valence electrons. The van der Waals surface area contributed by atoms with Gasteiger partial charge in [-0.1, -0.05) is 13.8 Å². The van der Waals surface area contributed by atoms with Crippen molar-refractivity contribution in [2.24, 2.45) is 5.92 Å². The van der Waals surface area contributed by atoms with Gasteiger partial charge < -0.3 is 29.4 Å². The average Bonchev–Trinajstić information content (AvgIpc) is 3.23. The fourth-order valence-corrected chi connectivity index (χ4v) is 3.99. The summed E-state index contributed by atoms with van der Waals surface area (Å²) in [6.45, 7) is 7.99. The number of ether oxygens (including phenoxy) is 3. The van der Waals surface area contributed by atoms with Crippen LogP contribution in [0.5, 0.6) is 11.5 Å². The number of aromatic amines is 1. The fraction of sp³-hybridized carbons (Fsp3) is 0.545. The van der Waals surface area contributed by atoms with E-state index in [4.69, 9.17) is 26.4 Å². The van der Waals surface area contributed by atoms with Crippen LogP contribution < -0.4 is 20.3 Å². The second-order valence-corrected chi connectivity index (χ2v) is 8.69. The van der Waals surface area contributed by atoms with E-state index < -0.39 is 0 Å². The highest BCUT2D eigenvalue weighted by molar-refractivity contribution is 7.80. The topological polar surface area (TPSA) is 75.8 Å². The van der Waals surface area contributed by atoms with Gasteiger partial charge in [-0.2, -0.15) is 0 Å². The first-order chi connectivity index (χ1) is 14.5. The van der Waals surface area contributed by atoms with Crippen molar-refractivity contribution in [3.8, 4) is 11.5 Å². The molecule has 1 fully saturated rings. The molecule has 1 aromatic heterocycles. The number of thiocarbonyl (C=S) groups is 1. The first-order valence-electron chi connectivity index (χ1n) is 10.6. The third-order valence-electron chi connectivity index (χ3n) is 5.34. The first kappa shape index (κ1) is 20.9. The summed E-state index contributed by atoms with van der Waals surface area (Å²) < 4.78 is 17.1. The maximum Gasteiger partial charge on any atom is 0.253 e. The Labute approximate surface area is 181 Å². The van der Waals surface area contributed by atoms with Crippen molar-refractivity contribution in [1.82, 2.24) is 15.2 Å². The first-order valence-corrected chi connectivity index (χ1v) is 11.0. The van der Waals surface area contributed by atoms with Crippen molar-refractivity contribution >= 4 is 28.2 Å². The van der Waals surface area contributed by atoms with Gasteiger partial charge in [-0.3, -0.25) is 4.79 Å². The Morgan fingerprint density at radius 1 is 1.23 bits per heavy atom. The van der Waals surface area contributed by atoms with Crippen LogP contribution in [-0.4, -0.2) is 54.0 Å². The molecule has 2 N–H and O–H groups in total. The predicted molar refractivity (Wildman–Crippen MR) is 120 cm³/mol. The van der Waals surface area contributed by atoms with Crippen molar-refractivity contribution in [1.29, 1.82) is 0 Å². The summed E-state index contributed by atoms with van der Waals surface area (Å²) in [4.78, 5) is 17.8. The van der Waals surface area contributed by atoms with Crippen molar-refractivity contribution in [2.75, 3.05) is 32.9 Å². The Balaban J connectivity index is 1.59. The molecule has 0 radical (unpaired) electrons. The van der Waals surface area contributed by atoms with Gasteiger partial charge in [-0.25, -0.2) is 0 Å². The molecule has 0 aliphatic carbocycles. The van der Waals surface area contributed by atoms with Gasteiger partial charge in [0.2, 0.25) is 0 Å². The molecule has 1 atom stereocenters. The summed E-state index contributed by atoms with van der Waals surface area (Å²) in [5, 5.41) is 4.89. The molecule has 0 spiro atoms. The third kappa shape index (κ3) is 4.87. The van der Waals surface area contributed by atoms with Gasteiger partial charge in [-0.05, 0) is 43.1 Å². The number of rotatable bonds is 6. The quantitative estimate of drug-likeness (QED) is 0.681. The Bertz CT molecular complexity index is 969. The lowest BCUT2D eigenvalue weighted by Crippen LogP contribution is -2.44. The van der Waals surface area contributed by atoms with Crippen LogP contribution in [0.4, 0.5) is 0 Å². The molecule has 1 saturated heterocycles. The van der Waals surface area contributed by atoms with Gasteiger partial charge in [0.1, 0.15) is 13.2 Å². The second kappa shape index (κ2) is 9.22. The monoisotopic (exact) mass is 431 g/mol. The maximum absolute atomic E-state index is 12.8. The van der Waals surface area contributed by atoms with Crippen LogP contribution in [0.2, 0.25) is 0 Å². The molecule has 3 heterocycles. The summed E-state index contributed by atoms with van der Waals surface area (Å²) in [7, 11) is 0. The van der Waals surface area contributed by atoms with E-state index in [0.29, 0.717) is 54.4 Å². The average molecular weight is 432 g/mol. The summed E-state index contributed by atoms with van der Waals surface area (Å²) in [5.41, 5.74) is 1.27. The smallest absolute Gasteiger partial charge is 0.253 e. The van der Waals surface area contributed by atoms with Crippen molar-refractivity contribution in [2.45, 2.75) is 39.3 Å². The molecule has 4 rings (SSSR count). The highest BCUT2D eigenvalue weighted by Crippen LogP contribution is 2.33. The zero-order valence-corrected chi connectivity index (χ0v) is 18.3. The number of fused-ring (bicyclic) bond motifs is 2. The Morgan fingerprint density at radius 2 is 2.00 bits per heavy atom. The largest absolute Gasteiger partial charge is 0.486 e.